The van der Waals surface area contributed by atoms with Crippen molar-refractivity contribution < 1.29 is 5.11 Å². The van der Waals surface area contributed by atoms with Gasteiger partial charge in [0.25, 0.3) is 0 Å². The SMILES string of the molecule is Cc1nc(C)n(CC(C)O)c1C. The number of aliphatic hydroxyl groups is 1. The third kappa shape index (κ3) is 1.67. The lowest BCUT2D eigenvalue weighted by atomic mass is 10.3. The highest BCUT2D eigenvalue weighted by Gasteiger charge is 2.08. The number of hydrogen-bond acceptors (Lipinski definition) is 2. The molecule has 0 bridgehead atoms. The maximum atomic E-state index is 9.22. The van der Waals surface area contributed by atoms with Gasteiger partial charge in [0.2, 0.25) is 0 Å². The van der Waals surface area contributed by atoms with E-state index in [0.29, 0.717) is 6.54 Å². The van der Waals surface area contributed by atoms with Gasteiger partial charge in [-0.25, -0.2) is 4.98 Å². The molecule has 0 aromatic carbocycles. The Morgan fingerprint density at radius 1 is 1.42 bits per heavy atom. The first kappa shape index (κ1) is 9.26. The van der Waals surface area contributed by atoms with Crippen LogP contribution in [0.1, 0.15) is 24.1 Å². The van der Waals surface area contributed by atoms with Crippen LogP contribution in [0.5, 0.6) is 0 Å². The van der Waals surface area contributed by atoms with Gasteiger partial charge in [0.05, 0.1) is 11.8 Å². The van der Waals surface area contributed by atoms with Crippen molar-refractivity contribution in [1.29, 1.82) is 0 Å². The van der Waals surface area contributed by atoms with Crippen LogP contribution in [-0.4, -0.2) is 20.8 Å². The van der Waals surface area contributed by atoms with E-state index in [0.717, 1.165) is 17.2 Å². The zero-order valence-corrected chi connectivity index (χ0v) is 8.13. The third-order valence-corrected chi connectivity index (χ3v) is 2.10. The fourth-order valence-electron chi connectivity index (χ4n) is 1.36. The predicted octanol–water partition coefficient (Wildman–Crippen LogP) is 1.19. The second kappa shape index (κ2) is 3.27. The molecule has 1 aromatic rings. The fourth-order valence-corrected chi connectivity index (χ4v) is 1.36. The molecular formula is C9H16N2O. The van der Waals surface area contributed by atoms with Gasteiger partial charge < -0.3 is 9.67 Å². The number of hydrogen-bond donors (Lipinski definition) is 1. The number of aryl methyl sites for hydroxylation is 2. The monoisotopic (exact) mass is 168 g/mol. The summed E-state index contributed by atoms with van der Waals surface area (Å²) in [7, 11) is 0. The summed E-state index contributed by atoms with van der Waals surface area (Å²) in [6.45, 7) is 8.40. The Kier molecular flexibility index (Phi) is 2.52. The van der Waals surface area contributed by atoms with E-state index in [4.69, 9.17) is 0 Å². The summed E-state index contributed by atoms with van der Waals surface area (Å²) in [6, 6.07) is 0. The molecule has 3 nitrogen and oxygen atoms in total. The van der Waals surface area contributed by atoms with E-state index < -0.39 is 0 Å². The van der Waals surface area contributed by atoms with Crippen LogP contribution in [0.25, 0.3) is 0 Å². The second-order valence-electron chi connectivity index (χ2n) is 3.29. The standard InChI is InChI=1S/C9H16N2O/c1-6(12)5-11-8(3)7(2)10-9(11)4/h6,12H,5H2,1-4H3. The van der Waals surface area contributed by atoms with Crippen LogP contribution in [-0.2, 0) is 6.54 Å². The topological polar surface area (TPSA) is 38.0 Å². The molecule has 3 heteroatoms. The highest BCUT2D eigenvalue weighted by molar-refractivity contribution is 5.13. The number of aliphatic hydroxyl groups excluding tert-OH is 1. The van der Waals surface area contributed by atoms with E-state index in [1.165, 1.54) is 0 Å². The molecule has 0 spiro atoms. The van der Waals surface area contributed by atoms with Crippen molar-refractivity contribution in [3.05, 3.63) is 17.2 Å². The van der Waals surface area contributed by atoms with Crippen molar-refractivity contribution in [2.45, 2.75) is 40.3 Å². The average molecular weight is 168 g/mol. The van der Waals surface area contributed by atoms with Gasteiger partial charge in [-0.2, -0.15) is 0 Å². The van der Waals surface area contributed by atoms with E-state index in [2.05, 4.69) is 4.98 Å². The Balaban J connectivity index is 2.97. The summed E-state index contributed by atoms with van der Waals surface area (Å²) in [4.78, 5) is 4.32. The number of aromatic nitrogens is 2. The number of nitrogens with zero attached hydrogens (tertiary/aromatic N) is 2. The second-order valence-corrected chi connectivity index (χ2v) is 3.29. The quantitative estimate of drug-likeness (QED) is 0.720. The first-order chi connectivity index (χ1) is 5.52. The molecule has 0 fully saturated rings. The lowest BCUT2D eigenvalue weighted by Gasteiger charge is -2.09. The minimum absolute atomic E-state index is 0.309. The first-order valence-corrected chi connectivity index (χ1v) is 4.20. The van der Waals surface area contributed by atoms with Gasteiger partial charge in [0, 0.05) is 12.2 Å². The van der Waals surface area contributed by atoms with E-state index in [9.17, 15) is 5.11 Å². The summed E-state index contributed by atoms with van der Waals surface area (Å²) in [5.41, 5.74) is 2.20. The Morgan fingerprint density at radius 3 is 2.33 bits per heavy atom. The van der Waals surface area contributed by atoms with E-state index >= 15 is 0 Å². The predicted molar refractivity (Wildman–Crippen MR) is 48.1 cm³/mol. The van der Waals surface area contributed by atoms with Gasteiger partial charge in [0.15, 0.2) is 0 Å². The van der Waals surface area contributed by atoms with E-state index in [1.807, 2.05) is 25.3 Å². The van der Waals surface area contributed by atoms with Gasteiger partial charge in [-0.1, -0.05) is 0 Å². The van der Waals surface area contributed by atoms with Crippen LogP contribution < -0.4 is 0 Å². The minimum atomic E-state index is -0.309. The highest BCUT2D eigenvalue weighted by Crippen LogP contribution is 2.09. The molecule has 0 amide bonds. The lowest BCUT2D eigenvalue weighted by Crippen LogP contribution is -2.14. The molecule has 0 saturated heterocycles. The Bertz CT molecular complexity index is 276. The highest BCUT2D eigenvalue weighted by atomic mass is 16.3. The summed E-state index contributed by atoms with van der Waals surface area (Å²) in [6.07, 6.45) is -0.309. The van der Waals surface area contributed by atoms with E-state index in [1.54, 1.807) is 6.92 Å². The van der Waals surface area contributed by atoms with Gasteiger partial charge >= 0.3 is 0 Å². The van der Waals surface area contributed by atoms with Gasteiger partial charge in [-0.15, -0.1) is 0 Å². The fraction of sp³-hybridized carbons (Fsp3) is 0.667. The van der Waals surface area contributed by atoms with Crippen molar-refractivity contribution in [2.75, 3.05) is 0 Å². The Hall–Kier alpha value is -0.830. The summed E-state index contributed by atoms with van der Waals surface area (Å²) >= 11 is 0. The zero-order valence-electron chi connectivity index (χ0n) is 8.13. The van der Waals surface area contributed by atoms with Crippen molar-refractivity contribution in [3.63, 3.8) is 0 Å². The minimum Gasteiger partial charge on any atom is -0.392 e. The maximum absolute atomic E-state index is 9.22. The van der Waals surface area contributed by atoms with Gasteiger partial charge in [-0.05, 0) is 27.7 Å². The van der Waals surface area contributed by atoms with Crippen molar-refractivity contribution in [1.82, 2.24) is 9.55 Å². The molecule has 0 radical (unpaired) electrons. The molecule has 1 heterocycles. The van der Waals surface area contributed by atoms with Crippen LogP contribution in [0.2, 0.25) is 0 Å². The smallest absolute Gasteiger partial charge is 0.106 e. The van der Waals surface area contributed by atoms with Crippen LogP contribution in [0.4, 0.5) is 0 Å². The maximum Gasteiger partial charge on any atom is 0.106 e. The zero-order chi connectivity index (χ0) is 9.30. The summed E-state index contributed by atoms with van der Waals surface area (Å²) in [5.74, 6) is 0.978. The van der Waals surface area contributed by atoms with Crippen molar-refractivity contribution in [2.24, 2.45) is 0 Å². The normalized spacial score (nSPS) is 13.4. The molecule has 1 aromatic heterocycles. The summed E-state index contributed by atoms with van der Waals surface area (Å²) in [5, 5.41) is 9.22. The molecule has 0 aliphatic heterocycles. The van der Waals surface area contributed by atoms with Gasteiger partial charge in [-0.3, -0.25) is 0 Å². The Labute approximate surface area is 73.1 Å². The molecule has 1 atom stereocenters. The summed E-state index contributed by atoms with van der Waals surface area (Å²) < 4.78 is 2.04. The molecule has 68 valence electrons. The molecule has 0 aliphatic carbocycles. The molecular weight excluding hydrogens is 152 g/mol. The molecule has 0 aliphatic rings. The molecule has 1 N–H and O–H groups in total. The Morgan fingerprint density at radius 2 is 2.00 bits per heavy atom. The first-order valence-electron chi connectivity index (χ1n) is 4.20. The largest absolute Gasteiger partial charge is 0.392 e. The van der Waals surface area contributed by atoms with E-state index in [-0.39, 0.29) is 6.10 Å². The number of imidazole rings is 1. The van der Waals surface area contributed by atoms with Crippen molar-refractivity contribution >= 4 is 0 Å². The average Bonchev–Trinajstić information content (AvgIpc) is 2.16. The molecule has 1 unspecified atom stereocenters. The van der Waals surface area contributed by atoms with Gasteiger partial charge in [0.1, 0.15) is 5.82 Å². The molecule has 1 rings (SSSR count). The number of rotatable bonds is 2. The lowest BCUT2D eigenvalue weighted by molar-refractivity contribution is 0.172. The van der Waals surface area contributed by atoms with Crippen LogP contribution in [0, 0.1) is 20.8 Å². The van der Waals surface area contributed by atoms with Crippen LogP contribution in [0.15, 0.2) is 0 Å². The van der Waals surface area contributed by atoms with Crippen LogP contribution >= 0.6 is 0 Å². The molecule has 0 saturated carbocycles. The van der Waals surface area contributed by atoms with Crippen LogP contribution in [0.3, 0.4) is 0 Å². The molecule has 12 heavy (non-hydrogen) atoms. The van der Waals surface area contributed by atoms with Crippen molar-refractivity contribution in [3.8, 4) is 0 Å². The third-order valence-electron chi connectivity index (χ3n) is 2.10.